The summed E-state index contributed by atoms with van der Waals surface area (Å²) in [7, 11) is 1.54. The van der Waals surface area contributed by atoms with Crippen LogP contribution in [0.1, 0.15) is 0 Å². The fourth-order valence-corrected chi connectivity index (χ4v) is 2.78. The van der Waals surface area contributed by atoms with Crippen LogP contribution >= 0.6 is 0 Å². The molecule has 0 saturated carbocycles. The van der Waals surface area contributed by atoms with E-state index in [4.69, 9.17) is 4.74 Å². The van der Waals surface area contributed by atoms with Crippen molar-refractivity contribution < 1.29 is 13.9 Å². The molecule has 0 radical (unpaired) electrons. The van der Waals surface area contributed by atoms with Gasteiger partial charge in [0.15, 0.2) is 11.2 Å². The lowest BCUT2D eigenvalue weighted by molar-refractivity contribution is -0.116. The number of nitrogens with one attached hydrogen (secondary N) is 1. The first-order chi connectivity index (χ1) is 14.1. The Morgan fingerprint density at radius 3 is 2.83 bits per heavy atom. The molecular weight excluding hydrogens is 379 g/mol. The molecule has 0 fully saturated rings. The molecule has 146 valence electrons. The molecule has 0 bridgehead atoms. The van der Waals surface area contributed by atoms with Crippen molar-refractivity contribution in [3.8, 4) is 11.4 Å². The van der Waals surface area contributed by atoms with Crippen LogP contribution in [0.15, 0.2) is 59.7 Å². The third-order valence-electron chi connectivity index (χ3n) is 4.19. The van der Waals surface area contributed by atoms with Crippen molar-refractivity contribution in [2.45, 2.75) is 6.54 Å². The van der Waals surface area contributed by atoms with Crippen LogP contribution < -0.4 is 15.6 Å². The van der Waals surface area contributed by atoms with Crippen LogP contribution in [0, 0.1) is 5.82 Å². The summed E-state index contributed by atoms with van der Waals surface area (Å²) in [6, 6.07) is 12.8. The molecule has 2 heterocycles. The van der Waals surface area contributed by atoms with Crippen molar-refractivity contribution in [1.82, 2.24) is 24.5 Å². The number of ether oxygens (including phenoxy) is 1. The summed E-state index contributed by atoms with van der Waals surface area (Å²) in [5.74, 6) is -0.522. The second-order valence-corrected chi connectivity index (χ2v) is 6.08. The van der Waals surface area contributed by atoms with Crippen LogP contribution in [0.2, 0.25) is 0 Å². The number of carbonyl (C=O) groups is 1. The molecule has 2 aromatic heterocycles. The SMILES string of the molecule is COc1cccc(-n2nnc3c(=O)n(CC(=O)Nc4ccccc4F)cnc32)c1. The number of fused-ring (bicyclic) bond motifs is 1. The molecule has 29 heavy (non-hydrogen) atoms. The minimum atomic E-state index is -0.571. The van der Waals surface area contributed by atoms with Crippen LogP contribution in [0.5, 0.6) is 5.75 Å². The van der Waals surface area contributed by atoms with Gasteiger partial charge in [-0.25, -0.2) is 9.37 Å². The Hall–Kier alpha value is -4.08. The number of methoxy groups -OCH3 is 1. The molecule has 1 amide bonds. The smallest absolute Gasteiger partial charge is 0.284 e. The van der Waals surface area contributed by atoms with Gasteiger partial charge in [0.05, 0.1) is 18.5 Å². The molecule has 0 aliphatic heterocycles. The van der Waals surface area contributed by atoms with Gasteiger partial charge >= 0.3 is 0 Å². The standard InChI is InChI=1S/C19H15FN6O3/c1-29-13-6-4-5-12(9-13)26-18-17(23-24-26)19(28)25(11-21-18)10-16(27)22-15-8-3-2-7-14(15)20/h2-9,11H,10H2,1H3,(H,22,27). The quantitative estimate of drug-likeness (QED) is 0.553. The highest BCUT2D eigenvalue weighted by atomic mass is 19.1. The molecule has 0 atom stereocenters. The minimum Gasteiger partial charge on any atom is -0.497 e. The zero-order valence-corrected chi connectivity index (χ0v) is 15.2. The van der Waals surface area contributed by atoms with Gasteiger partial charge in [-0.05, 0) is 24.3 Å². The summed E-state index contributed by atoms with van der Waals surface area (Å²) < 4.78 is 21.4. The minimum absolute atomic E-state index is 0.00834. The predicted octanol–water partition coefficient (Wildman–Crippen LogP) is 1.76. The van der Waals surface area contributed by atoms with Gasteiger partial charge in [0.25, 0.3) is 5.56 Å². The molecule has 0 aliphatic carbocycles. The van der Waals surface area contributed by atoms with Crippen molar-refractivity contribution >= 4 is 22.8 Å². The van der Waals surface area contributed by atoms with E-state index >= 15 is 0 Å². The monoisotopic (exact) mass is 394 g/mol. The Labute approximate surface area is 163 Å². The molecular formula is C19H15FN6O3. The van der Waals surface area contributed by atoms with Gasteiger partial charge in [-0.3, -0.25) is 14.2 Å². The Kier molecular flexibility index (Phi) is 4.73. The van der Waals surface area contributed by atoms with E-state index in [0.29, 0.717) is 11.4 Å². The van der Waals surface area contributed by atoms with Gasteiger partial charge in [-0.1, -0.05) is 23.4 Å². The third kappa shape index (κ3) is 3.55. The first-order valence-electron chi connectivity index (χ1n) is 8.56. The van der Waals surface area contributed by atoms with Crippen molar-refractivity contribution in [3.05, 3.63) is 71.0 Å². The number of rotatable bonds is 5. The fraction of sp³-hybridized carbons (Fsp3) is 0.105. The largest absolute Gasteiger partial charge is 0.497 e. The van der Waals surface area contributed by atoms with E-state index in [1.54, 1.807) is 37.4 Å². The molecule has 0 unspecified atom stereocenters. The number of nitrogens with zero attached hydrogens (tertiary/aromatic N) is 5. The summed E-state index contributed by atoms with van der Waals surface area (Å²) >= 11 is 0. The average Bonchev–Trinajstić information content (AvgIpc) is 3.17. The summed E-state index contributed by atoms with van der Waals surface area (Å²) in [4.78, 5) is 29.1. The lowest BCUT2D eigenvalue weighted by atomic mass is 10.3. The maximum atomic E-state index is 13.7. The van der Waals surface area contributed by atoms with E-state index < -0.39 is 17.3 Å². The van der Waals surface area contributed by atoms with Crippen LogP contribution in [0.25, 0.3) is 16.9 Å². The van der Waals surface area contributed by atoms with E-state index in [1.165, 1.54) is 29.2 Å². The Morgan fingerprint density at radius 1 is 1.21 bits per heavy atom. The number of anilines is 1. The number of amides is 1. The van der Waals surface area contributed by atoms with Crippen molar-refractivity contribution in [3.63, 3.8) is 0 Å². The van der Waals surface area contributed by atoms with Crippen LogP contribution in [-0.4, -0.2) is 37.6 Å². The zero-order valence-electron chi connectivity index (χ0n) is 15.2. The van der Waals surface area contributed by atoms with Crippen molar-refractivity contribution in [1.29, 1.82) is 0 Å². The van der Waals surface area contributed by atoms with E-state index in [9.17, 15) is 14.0 Å². The lowest BCUT2D eigenvalue weighted by Crippen LogP contribution is -2.28. The van der Waals surface area contributed by atoms with Crippen molar-refractivity contribution in [2.75, 3.05) is 12.4 Å². The Bertz CT molecular complexity index is 1270. The molecule has 4 aromatic rings. The van der Waals surface area contributed by atoms with E-state index in [2.05, 4.69) is 20.6 Å². The first-order valence-corrected chi connectivity index (χ1v) is 8.56. The molecule has 0 spiro atoms. The summed E-state index contributed by atoms with van der Waals surface area (Å²) in [6.07, 6.45) is 1.23. The summed E-state index contributed by atoms with van der Waals surface area (Å²) in [5, 5.41) is 10.3. The molecule has 4 rings (SSSR count). The van der Waals surface area contributed by atoms with E-state index in [-0.39, 0.29) is 23.4 Å². The van der Waals surface area contributed by atoms with Gasteiger partial charge in [-0.2, -0.15) is 4.68 Å². The molecule has 10 heteroatoms. The summed E-state index contributed by atoms with van der Waals surface area (Å²) in [5.41, 5.74) is 0.369. The van der Waals surface area contributed by atoms with Crippen LogP contribution in [0.4, 0.5) is 10.1 Å². The summed E-state index contributed by atoms with van der Waals surface area (Å²) in [6.45, 7) is -0.345. The second kappa shape index (κ2) is 7.50. The Morgan fingerprint density at radius 2 is 2.03 bits per heavy atom. The number of halogens is 1. The lowest BCUT2D eigenvalue weighted by Gasteiger charge is -2.08. The van der Waals surface area contributed by atoms with Gasteiger partial charge in [0, 0.05) is 6.07 Å². The fourth-order valence-electron chi connectivity index (χ4n) is 2.78. The van der Waals surface area contributed by atoms with E-state index in [1.807, 2.05) is 0 Å². The number of carbonyl (C=O) groups excluding carboxylic acids is 1. The molecule has 9 nitrogen and oxygen atoms in total. The highest BCUT2D eigenvalue weighted by Gasteiger charge is 2.15. The predicted molar refractivity (Wildman–Crippen MR) is 103 cm³/mol. The number of aromatic nitrogens is 5. The molecule has 1 N–H and O–H groups in total. The highest BCUT2D eigenvalue weighted by Crippen LogP contribution is 2.18. The number of benzene rings is 2. The van der Waals surface area contributed by atoms with Crippen LogP contribution in [0.3, 0.4) is 0 Å². The van der Waals surface area contributed by atoms with Gasteiger partial charge in [0.2, 0.25) is 5.91 Å². The van der Waals surface area contributed by atoms with Gasteiger partial charge in [-0.15, -0.1) is 5.10 Å². The van der Waals surface area contributed by atoms with Crippen molar-refractivity contribution in [2.24, 2.45) is 0 Å². The number of hydrogen-bond acceptors (Lipinski definition) is 6. The first kappa shape index (κ1) is 18.3. The molecule has 0 saturated heterocycles. The Balaban J connectivity index is 1.63. The average molecular weight is 394 g/mol. The number of hydrogen-bond donors (Lipinski definition) is 1. The van der Waals surface area contributed by atoms with Crippen LogP contribution in [-0.2, 0) is 11.3 Å². The zero-order chi connectivity index (χ0) is 20.4. The highest BCUT2D eigenvalue weighted by molar-refractivity contribution is 5.90. The van der Waals surface area contributed by atoms with Gasteiger partial charge in [0.1, 0.15) is 24.4 Å². The van der Waals surface area contributed by atoms with Gasteiger partial charge < -0.3 is 10.1 Å². The van der Waals surface area contributed by atoms with E-state index in [0.717, 1.165) is 4.57 Å². The third-order valence-corrected chi connectivity index (χ3v) is 4.19. The maximum absolute atomic E-state index is 13.7. The molecule has 0 aliphatic rings. The number of para-hydroxylation sites is 1. The normalized spacial score (nSPS) is 10.8. The maximum Gasteiger partial charge on any atom is 0.284 e. The second-order valence-electron chi connectivity index (χ2n) is 6.08. The molecule has 2 aromatic carbocycles. The topological polar surface area (TPSA) is 104 Å².